The molecule has 230 valence electrons. The van der Waals surface area contributed by atoms with E-state index in [9.17, 15) is 61.3 Å². The second kappa shape index (κ2) is 10.00. The van der Waals surface area contributed by atoms with Gasteiger partial charge in [0, 0.05) is 52.4 Å². The van der Waals surface area contributed by atoms with Crippen LogP contribution in [0.4, 0.5) is 0 Å². The highest BCUT2D eigenvalue weighted by Gasteiger charge is 2.46. The number of phenols is 10. The molecule has 12 N–H and O–H groups in total. The van der Waals surface area contributed by atoms with Crippen LogP contribution in [0.1, 0.15) is 45.9 Å². The van der Waals surface area contributed by atoms with Crippen LogP contribution < -0.4 is 9.47 Å². The number of hydrogen-bond acceptors (Lipinski definition) is 14. The number of aromatic hydroxyl groups is 10. The maximum atomic E-state index is 11.8. The molecule has 2 heterocycles. The van der Waals surface area contributed by atoms with Gasteiger partial charge in [0.2, 0.25) is 0 Å². The zero-order valence-electron chi connectivity index (χ0n) is 22.3. The van der Waals surface area contributed by atoms with Gasteiger partial charge in [-0.05, 0) is 24.3 Å². The van der Waals surface area contributed by atoms with Crippen LogP contribution in [0.15, 0.2) is 42.5 Å². The minimum atomic E-state index is -1.75. The molecule has 44 heavy (non-hydrogen) atoms. The van der Waals surface area contributed by atoms with Crippen LogP contribution in [0.3, 0.4) is 0 Å². The Kier molecular flexibility index (Phi) is 6.48. The first kappa shape index (κ1) is 28.5. The quantitative estimate of drug-likeness (QED) is 0.149. The van der Waals surface area contributed by atoms with Crippen molar-refractivity contribution in [2.75, 3.05) is 0 Å². The van der Waals surface area contributed by atoms with Crippen molar-refractivity contribution in [1.82, 2.24) is 0 Å². The summed E-state index contributed by atoms with van der Waals surface area (Å²) in [6.07, 6.45) is -6.26. The Labute approximate surface area is 247 Å². The summed E-state index contributed by atoms with van der Waals surface area (Å²) in [6, 6.07) is 7.08. The van der Waals surface area contributed by atoms with Gasteiger partial charge in [0.25, 0.3) is 0 Å². The second-order valence-electron chi connectivity index (χ2n) is 10.6. The number of ether oxygens (including phenoxy) is 2. The largest absolute Gasteiger partial charge is 0.508 e. The summed E-state index contributed by atoms with van der Waals surface area (Å²) in [5.41, 5.74) is -0.410. The van der Waals surface area contributed by atoms with E-state index in [2.05, 4.69) is 0 Å². The van der Waals surface area contributed by atoms with Crippen molar-refractivity contribution >= 4 is 0 Å². The average molecular weight is 611 g/mol. The molecule has 14 nitrogen and oxygen atoms in total. The minimum Gasteiger partial charge on any atom is -0.508 e. The zero-order chi connectivity index (χ0) is 31.8. The van der Waals surface area contributed by atoms with E-state index >= 15 is 0 Å². The van der Waals surface area contributed by atoms with Gasteiger partial charge in [-0.2, -0.15) is 0 Å². The first-order valence-corrected chi connectivity index (χ1v) is 13.1. The molecule has 4 aromatic rings. The fourth-order valence-electron chi connectivity index (χ4n) is 5.85. The third kappa shape index (κ3) is 4.35. The third-order valence-electron chi connectivity index (χ3n) is 7.86. The summed E-state index contributed by atoms with van der Waals surface area (Å²) in [6.45, 7) is 0. The lowest BCUT2D eigenvalue weighted by Crippen LogP contribution is -2.36. The molecule has 0 amide bonds. The number of aliphatic hydroxyl groups excluding tert-OH is 2. The van der Waals surface area contributed by atoms with Gasteiger partial charge in [0.05, 0.1) is 12.0 Å². The predicted octanol–water partition coefficient (Wildman–Crippen LogP) is 2.41. The number of fused-ring (bicyclic) bond motifs is 2. The van der Waals surface area contributed by atoms with Gasteiger partial charge in [-0.3, -0.25) is 0 Å². The molecule has 2 aliphatic heterocycles. The number of phenolic OH excluding ortho intramolecular Hbond substituents is 10. The van der Waals surface area contributed by atoms with Gasteiger partial charge < -0.3 is 70.8 Å². The fraction of sp³-hybridized carbons (Fsp3) is 0.200. The van der Waals surface area contributed by atoms with Crippen molar-refractivity contribution in [3.63, 3.8) is 0 Å². The van der Waals surface area contributed by atoms with Crippen molar-refractivity contribution in [3.8, 4) is 69.0 Å². The van der Waals surface area contributed by atoms with Crippen molar-refractivity contribution in [2.24, 2.45) is 0 Å². The lowest BCUT2D eigenvalue weighted by Gasteiger charge is -2.40. The van der Waals surface area contributed by atoms with Crippen LogP contribution >= 0.6 is 0 Å². The number of hydrogen-bond donors (Lipinski definition) is 12. The number of benzene rings is 4. The molecule has 5 atom stereocenters. The van der Waals surface area contributed by atoms with Crippen LogP contribution in [0.5, 0.6) is 69.0 Å². The first-order valence-electron chi connectivity index (χ1n) is 13.1. The van der Waals surface area contributed by atoms with E-state index in [1.54, 1.807) is 0 Å². The van der Waals surface area contributed by atoms with Gasteiger partial charge >= 0.3 is 0 Å². The Morgan fingerprint density at radius 3 is 1.61 bits per heavy atom. The molecule has 0 spiro atoms. The topological polar surface area (TPSA) is 261 Å². The van der Waals surface area contributed by atoms with E-state index in [0.29, 0.717) is 0 Å². The van der Waals surface area contributed by atoms with E-state index in [1.165, 1.54) is 0 Å². The summed E-state index contributed by atoms with van der Waals surface area (Å²) in [7, 11) is 0. The molecule has 2 aliphatic rings. The smallest absolute Gasteiger partial charge is 0.200 e. The van der Waals surface area contributed by atoms with Gasteiger partial charge in [-0.15, -0.1) is 0 Å². The fourth-order valence-corrected chi connectivity index (χ4v) is 5.85. The minimum absolute atomic E-state index is 0.00153. The SMILES string of the molecule is Oc1cc(O)c2c(c1)O[C@H](c1cc(O)c(O)c(O)c1)[C@H](O)[C@H]2c1c(O)cc(O)c2c1O[C@H](c1cc(O)c(O)c(O)c1)[C@@H](O)C2. The molecule has 0 saturated carbocycles. The van der Waals surface area contributed by atoms with Gasteiger partial charge in [0.1, 0.15) is 40.6 Å². The molecule has 0 saturated heterocycles. The summed E-state index contributed by atoms with van der Waals surface area (Å²) >= 11 is 0. The average Bonchev–Trinajstić information content (AvgIpc) is 2.95. The third-order valence-corrected chi connectivity index (χ3v) is 7.86. The van der Waals surface area contributed by atoms with E-state index in [0.717, 1.165) is 42.5 Å². The van der Waals surface area contributed by atoms with Crippen molar-refractivity contribution < 1.29 is 70.8 Å². The molecular weight excluding hydrogens is 584 g/mol. The molecule has 14 heteroatoms. The summed E-state index contributed by atoms with van der Waals surface area (Å²) in [5.74, 6) is -8.60. The van der Waals surface area contributed by atoms with Crippen LogP contribution in [-0.4, -0.2) is 73.5 Å². The zero-order valence-corrected chi connectivity index (χ0v) is 22.3. The molecule has 6 rings (SSSR count). The van der Waals surface area contributed by atoms with Crippen LogP contribution in [0.25, 0.3) is 0 Å². The second-order valence-corrected chi connectivity index (χ2v) is 10.6. The number of aliphatic hydroxyl groups is 2. The Bertz CT molecular complexity index is 1770. The lowest BCUT2D eigenvalue weighted by atomic mass is 9.77. The van der Waals surface area contributed by atoms with E-state index < -0.39 is 87.8 Å². The number of rotatable bonds is 3. The Morgan fingerprint density at radius 1 is 0.523 bits per heavy atom. The Morgan fingerprint density at radius 2 is 1.05 bits per heavy atom. The molecule has 0 unspecified atom stereocenters. The van der Waals surface area contributed by atoms with Crippen LogP contribution in [0.2, 0.25) is 0 Å². The van der Waals surface area contributed by atoms with Gasteiger partial charge in [-0.25, -0.2) is 0 Å². The van der Waals surface area contributed by atoms with E-state index in [-0.39, 0.29) is 45.7 Å². The molecule has 0 aromatic heterocycles. The summed E-state index contributed by atoms with van der Waals surface area (Å²) in [5, 5.41) is 126. The molecule has 0 fully saturated rings. The molecule has 0 bridgehead atoms. The highest BCUT2D eigenvalue weighted by molar-refractivity contribution is 5.66. The highest BCUT2D eigenvalue weighted by Crippen LogP contribution is 2.57. The van der Waals surface area contributed by atoms with Crippen LogP contribution in [-0.2, 0) is 6.42 Å². The predicted molar refractivity (Wildman–Crippen MR) is 147 cm³/mol. The van der Waals surface area contributed by atoms with Crippen molar-refractivity contribution in [2.45, 2.75) is 36.8 Å². The monoisotopic (exact) mass is 610 g/mol. The Hall–Kier alpha value is -5.60. The highest BCUT2D eigenvalue weighted by atomic mass is 16.5. The van der Waals surface area contributed by atoms with E-state index in [4.69, 9.17) is 9.47 Å². The normalized spacial score (nSPS) is 22.4. The lowest BCUT2D eigenvalue weighted by molar-refractivity contribution is 0.00106. The molecule has 4 aromatic carbocycles. The maximum absolute atomic E-state index is 11.8. The van der Waals surface area contributed by atoms with Gasteiger partial charge in [0.15, 0.2) is 46.7 Å². The van der Waals surface area contributed by atoms with Crippen molar-refractivity contribution in [1.29, 1.82) is 0 Å². The molecular formula is C30H26O14. The first-order chi connectivity index (χ1) is 20.8. The van der Waals surface area contributed by atoms with Gasteiger partial charge in [-0.1, -0.05) is 0 Å². The Balaban J connectivity index is 1.56. The van der Waals surface area contributed by atoms with Crippen LogP contribution in [0, 0.1) is 0 Å². The summed E-state index contributed by atoms with van der Waals surface area (Å²) in [4.78, 5) is 0. The molecule has 0 radical (unpaired) electrons. The molecule has 0 aliphatic carbocycles. The van der Waals surface area contributed by atoms with E-state index in [1.807, 2.05) is 0 Å². The van der Waals surface area contributed by atoms with Crippen molar-refractivity contribution in [3.05, 3.63) is 70.3 Å². The standard InChI is InChI=1S/C30H26O14/c31-11-5-14(33)22-21(6-11)43-29(10-3-18(37)26(41)19(38)4-10)27(42)24(22)23-15(34)8-13(32)12-7-20(39)28(44-30(12)23)9-1-16(35)25(40)17(36)2-9/h1-6,8,20,24,27-29,31-42H,7H2/t20-,24+,27+,28+,29+/m0/s1. The maximum Gasteiger partial charge on any atom is 0.200 e. The summed E-state index contributed by atoms with van der Waals surface area (Å²) < 4.78 is 12.0.